The number of benzene rings is 1. The molecule has 2 rings (SSSR count). The largest absolute Gasteiger partial charge is 0.451 e. The van der Waals surface area contributed by atoms with Gasteiger partial charge in [0.05, 0.1) is 6.04 Å². The van der Waals surface area contributed by atoms with E-state index in [0.29, 0.717) is 11.1 Å². The minimum atomic E-state index is -4.57. The molecule has 1 atom stereocenters. The van der Waals surface area contributed by atoms with Gasteiger partial charge >= 0.3 is 6.18 Å². The van der Waals surface area contributed by atoms with Crippen LogP contribution in [0.5, 0.6) is 0 Å². The first-order valence-corrected chi connectivity index (χ1v) is 6.13. The highest BCUT2D eigenvalue weighted by molar-refractivity contribution is 5.94. The zero-order valence-electron chi connectivity index (χ0n) is 11.1. The Morgan fingerprint density at radius 2 is 1.71 bits per heavy atom. The average Bonchev–Trinajstić information content (AvgIpc) is 2.47. The average molecular weight is 295 g/mol. The summed E-state index contributed by atoms with van der Waals surface area (Å²) in [5, 5.41) is 2.67. The molecule has 0 saturated heterocycles. The van der Waals surface area contributed by atoms with Crippen molar-refractivity contribution in [1.29, 1.82) is 0 Å². The second-order valence-electron chi connectivity index (χ2n) is 4.40. The molecule has 0 fully saturated rings. The number of nitrogens with one attached hydrogen (secondary N) is 1. The van der Waals surface area contributed by atoms with Crippen LogP contribution in [0.25, 0.3) is 0 Å². The number of carbonyl (C=O) groups is 1. The summed E-state index contributed by atoms with van der Waals surface area (Å²) in [7, 11) is 0. The van der Waals surface area contributed by atoms with Crippen molar-refractivity contribution in [2.45, 2.75) is 19.1 Å². The van der Waals surface area contributed by atoms with E-state index >= 15 is 0 Å². The highest BCUT2D eigenvalue weighted by atomic mass is 19.4. The van der Waals surface area contributed by atoms with Crippen LogP contribution in [0.4, 0.5) is 13.2 Å². The molecule has 4 nitrogen and oxygen atoms in total. The van der Waals surface area contributed by atoms with Gasteiger partial charge in [-0.05, 0) is 19.1 Å². The zero-order chi connectivity index (χ0) is 15.5. The van der Waals surface area contributed by atoms with Crippen molar-refractivity contribution in [3.63, 3.8) is 0 Å². The molecule has 0 aliphatic rings. The van der Waals surface area contributed by atoms with Gasteiger partial charge in [-0.3, -0.25) is 4.79 Å². The molecule has 0 saturated carbocycles. The van der Waals surface area contributed by atoms with Crippen molar-refractivity contribution in [3.05, 3.63) is 59.7 Å². The highest BCUT2D eigenvalue weighted by Gasteiger charge is 2.34. The molecule has 1 amide bonds. The molecule has 7 heteroatoms. The van der Waals surface area contributed by atoms with E-state index in [0.717, 1.165) is 12.4 Å². The minimum absolute atomic E-state index is 0.317. The summed E-state index contributed by atoms with van der Waals surface area (Å²) >= 11 is 0. The third kappa shape index (κ3) is 3.77. The van der Waals surface area contributed by atoms with Crippen LogP contribution in [0.1, 0.15) is 34.7 Å². The summed E-state index contributed by atoms with van der Waals surface area (Å²) < 4.78 is 37.1. The van der Waals surface area contributed by atoms with Crippen molar-refractivity contribution >= 4 is 5.91 Å². The number of rotatable bonds is 3. The summed E-state index contributed by atoms with van der Waals surface area (Å²) in [5.74, 6) is -1.52. The lowest BCUT2D eigenvalue weighted by molar-refractivity contribution is -0.145. The first kappa shape index (κ1) is 15.0. The van der Waals surface area contributed by atoms with Gasteiger partial charge in [0, 0.05) is 23.5 Å². The van der Waals surface area contributed by atoms with E-state index in [-0.39, 0.29) is 5.91 Å². The lowest BCUT2D eigenvalue weighted by Gasteiger charge is -2.14. The van der Waals surface area contributed by atoms with E-state index < -0.39 is 18.0 Å². The van der Waals surface area contributed by atoms with Crippen LogP contribution in [-0.2, 0) is 6.18 Å². The van der Waals surface area contributed by atoms with Crippen LogP contribution in [0.2, 0.25) is 0 Å². The van der Waals surface area contributed by atoms with Crippen LogP contribution in [0.15, 0.2) is 42.7 Å². The van der Waals surface area contributed by atoms with Crippen molar-refractivity contribution < 1.29 is 18.0 Å². The smallest absolute Gasteiger partial charge is 0.345 e. The number of hydrogen-bond donors (Lipinski definition) is 1. The van der Waals surface area contributed by atoms with Crippen LogP contribution in [-0.4, -0.2) is 15.9 Å². The fourth-order valence-electron chi connectivity index (χ4n) is 1.66. The quantitative estimate of drug-likeness (QED) is 0.947. The minimum Gasteiger partial charge on any atom is -0.345 e. The molecule has 0 radical (unpaired) electrons. The fraction of sp³-hybridized carbons (Fsp3) is 0.214. The zero-order valence-corrected chi connectivity index (χ0v) is 11.1. The van der Waals surface area contributed by atoms with E-state index in [1.165, 1.54) is 0 Å². The van der Waals surface area contributed by atoms with Gasteiger partial charge in [-0.15, -0.1) is 0 Å². The molecular weight excluding hydrogens is 283 g/mol. The summed E-state index contributed by atoms with van der Waals surface area (Å²) in [5.41, 5.74) is 0.865. The lowest BCUT2D eigenvalue weighted by atomic mass is 10.1. The van der Waals surface area contributed by atoms with Crippen molar-refractivity contribution in [2.75, 3.05) is 0 Å². The SMILES string of the molecule is C[C@H](NC(=O)c1ccccc1)c1cnc(C(F)(F)F)nc1. The van der Waals surface area contributed by atoms with Gasteiger partial charge in [-0.25, -0.2) is 9.97 Å². The maximum absolute atomic E-state index is 12.4. The van der Waals surface area contributed by atoms with Gasteiger partial charge in [-0.1, -0.05) is 18.2 Å². The van der Waals surface area contributed by atoms with Gasteiger partial charge in [0.15, 0.2) is 0 Å². The highest BCUT2D eigenvalue weighted by Crippen LogP contribution is 2.25. The molecule has 1 N–H and O–H groups in total. The number of amides is 1. The Kier molecular flexibility index (Phi) is 4.21. The maximum Gasteiger partial charge on any atom is 0.451 e. The molecule has 21 heavy (non-hydrogen) atoms. The molecular formula is C14H12F3N3O. The summed E-state index contributed by atoms with van der Waals surface area (Å²) in [4.78, 5) is 18.4. The third-order valence-electron chi connectivity index (χ3n) is 2.81. The summed E-state index contributed by atoms with van der Waals surface area (Å²) in [6.45, 7) is 1.65. The summed E-state index contributed by atoms with van der Waals surface area (Å²) in [6.07, 6.45) is -2.45. The number of halogens is 3. The predicted octanol–water partition coefficient (Wildman–Crippen LogP) is 2.99. The number of hydrogen-bond acceptors (Lipinski definition) is 3. The molecule has 1 heterocycles. The molecule has 0 unspecified atom stereocenters. The van der Waals surface area contributed by atoms with E-state index in [4.69, 9.17) is 0 Å². The van der Waals surface area contributed by atoms with Crippen molar-refractivity contribution in [3.8, 4) is 0 Å². The van der Waals surface area contributed by atoms with Gasteiger partial charge in [-0.2, -0.15) is 13.2 Å². The van der Waals surface area contributed by atoms with Crippen LogP contribution >= 0.6 is 0 Å². The van der Waals surface area contributed by atoms with Gasteiger partial charge in [0.1, 0.15) is 0 Å². The van der Waals surface area contributed by atoms with Crippen molar-refractivity contribution in [2.24, 2.45) is 0 Å². The third-order valence-corrected chi connectivity index (χ3v) is 2.81. The number of alkyl halides is 3. The molecule has 0 spiro atoms. The molecule has 0 aliphatic heterocycles. The monoisotopic (exact) mass is 295 g/mol. The fourth-order valence-corrected chi connectivity index (χ4v) is 1.66. The Bertz CT molecular complexity index is 612. The van der Waals surface area contributed by atoms with E-state index in [1.54, 1.807) is 37.3 Å². The van der Waals surface area contributed by atoms with Crippen LogP contribution in [0, 0.1) is 0 Å². The first-order valence-electron chi connectivity index (χ1n) is 6.13. The summed E-state index contributed by atoms with van der Waals surface area (Å²) in [6, 6.07) is 8.02. The molecule has 1 aromatic heterocycles. The van der Waals surface area contributed by atoms with Crippen molar-refractivity contribution in [1.82, 2.24) is 15.3 Å². The Morgan fingerprint density at radius 3 is 2.24 bits per heavy atom. The Morgan fingerprint density at radius 1 is 1.14 bits per heavy atom. The Labute approximate surface area is 119 Å². The van der Waals surface area contributed by atoms with Gasteiger partial charge in [0.2, 0.25) is 5.82 Å². The topological polar surface area (TPSA) is 54.9 Å². The van der Waals surface area contributed by atoms with Crippen LogP contribution < -0.4 is 5.32 Å². The van der Waals surface area contributed by atoms with E-state index in [9.17, 15) is 18.0 Å². The number of aromatic nitrogens is 2. The molecule has 0 aliphatic carbocycles. The normalized spacial score (nSPS) is 12.8. The second kappa shape index (κ2) is 5.90. The predicted molar refractivity (Wildman–Crippen MR) is 69.4 cm³/mol. The second-order valence-corrected chi connectivity index (χ2v) is 4.40. The standard InChI is InChI=1S/C14H12F3N3O/c1-9(20-12(21)10-5-3-2-4-6-10)11-7-18-13(19-8-11)14(15,16)17/h2-9H,1H3,(H,20,21)/t9-/m0/s1. The van der Waals surface area contributed by atoms with E-state index in [1.807, 2.05) is 0 Å². The molecule has 110 valence electrons. The van der Waals surface area contributed by atoms with Crippen LogP contribution in [0.3, 0.4) is 0 Å². The first-order chi connectivity index (χ1) is 9.88. The molecule has 2 aromatic rings. The lowest BCUT2D eigenvalue weighted by Crippen LogP contribution is -2.27. The Hall–Kier alpha value is -2.44. The molecule has 1 aromatic carbocycles. The van der Waals surface area contributed by atoms with Gasteiger partial charge in [0.25, 0.3) is 5.91 Å². The van der Waals surface area contributed by atoms with Gasteiger partial charge < -0.3 is 5.32 Å². The van der Waals surface area contributed by atoms with E-state index in [2.05, 4.69) is 15.3 Å². The maximum atomic E-state index is 12.4. The number of carbonyl (C=O) groups excluding carboxylic acids is 1. The molecule has 0 bridgehead atoms. The Balaban J connectivity index is 2.07. The number of nitrogens with zero attached hydrogens (tertiary/aromatic N) is 2.